The molecule has 1 heterocycles. The number of ether oxygens (including phenoxy) is 2. The molecule has 0 saturated carbocycles. The fourth-order valence-corrected chi connectivity index (χ4v) is 2.20. The molecule has 2 unspecified atom stereocenters. The highest BCUT2D eigenvalue weighted by atomic mass is 19.1. The van der Waals surface area contributed by atoms with E-state index in [2.05, 4.69) is 0 Å². The number of hydrogen-bond acceptors (Lipinski definition) is 3. The summed E-state index contributed by atoms with van der Waals surface area (Å²) in [6, 6.07) is 4.69. The predicted octanol–water partition coefficient (Wildman–Crippen LogP) is 2.52. The smallest absolute Gasteiger partial charge is 0.123 e. The summed E-state index contributed by atoms with van der Waals surface area (Å²) in [5, 5.41) is 0. The lowest BCUT2D eigenvalue weighted by molar-refractivity contribution is 0.166. The van der Waals surface area contributed by atoms with Crippen LogP contribution in [-0.4, -0.2) is 25.9 Å². The van der Waals surface area contributed by atoms with Crippen LogP contribution < -0.4 is 10.5 Å². The molecule has 2 atom stereocenters. The molecule has 1 saturated heterocycles. The number of nitrogens with two attached hydrogens (primary N) is 1. The van der Waals surface area contributed by atoms with Crippen LogP contribution in [0.4, 0.5) is 4.39 Å². The second kappa shape index (κ2) is 6.87. The topological polar surface area (TPSA) is 44.5 Å². The Labute approximate surface area is 113 Å². The van der Waals surface area contributed by atoms with E-state index in [9.17, 15) is 4.39 Å². The lowest BCUT2D eigenvalue weighted by Gasteiger charge is -2.16. The molecular weight excluding hydrogens is 245 g/mol. The average Bonchev–Trinajstić information content (AvgIpc) is 2.91. The standard InChI is InChI=1S/C15H22FNO2/c1-2-14(17)8-12-7-13(16)3-4-15(12)19-10-11-5-6-18-9-11/h3-4,7,11,14H,2,5-6,8-10,17H2,1H3. The average molecular weight is 267 g/mol. The maximum Gasteiger partial charge on any atom is 0.123 e. The van der Waals surface area contributed by atoms with E-state index < -0.39 is 0 Å². The number of benzene rings is 1. The van der Waals surface area contributed by atoms with Crippen molar-refractivity contribution in [1.82, 2.24) is 0 Å². The van der Waals surface area contributed by atoms with Crippen LogP contribution in [0.1, 0.15) is 25.3 Å². The summed E-state index contributed by atoms with van der Waals surface area (Å²) in [5.41, 5.74) is 6.80. The van der Waals surface area contributed by atoms with E-state index in [0.29, 0.717) is 18.9 Å². The molecule has 0 aliphatic carbocycles. The quantitative estimate of drug-likeness (QED) is 0.861. The van der Waals surface area contributed by atoms with Gasteiger partial charge in [0.05, 0.1) is 13.2 Å². The Kier molecular flexibility index (Phi) is 5.16. The van der Waals surface area contributed by atoms with E-state index in [-0.39, 0.29) is 11.9 Å². The minimum absolute atomic E-state index is 0.0407. The van der Waals surface area contributed by atoms with Crippen molar-refractivity contribution in [2.24, 2.45) is 11.7 Å². The molecule has 2 N–H and O–H groups in total. The highest BCUT2D eigenvalue weighted by molar-refractivity contribution is 5.34. The van der Waals surface area contributed by atoms with Gasteiger partial charge in [0.15, 0.2) is 0 Å². The Morgan fingerprint density at radius 1 is 1.53 bits per heavy atom. The molecule has 4 heteroatoms. The van der Waals surface area contributed by atoms with Crippen molar-refractivity contribution in [3.63, 3.8) is 0 Å². The zero-order valence-electron chi connectivity index (χ0n) is 11.4. The molecular formula is C15H22FNO2. The second-order valence-corrected chi connectivity index (χ2v) is 5.17. The van der Waals surface area contributed by atoms with Gasteiger partial charge in [0.2, 0.25) is 0 Å². The summed E-state index contributed by atoms with van der Waals surface area (Å²) in [7, 11) is 0. The van der Waals surface area contributed by atoms with Crippen LogP contribution in [0.25, 0.3) is 0 Å². The first-order chi connectivity index (χ1) is 9.19. The Bertz CT molecular complexity index is 405. The predicted molar refractivity (Wildman–Crippen MR) is 72.8 cm³/mol. The molecule has 1 fully saturated rings. The molecule has 1 aliphatic heterocycles. The molecule has 2 rings (SSSR count). The second-order valence-electron chi connectivity index (χ2n) is 5.17. The third kappa shape index (κ3) is 4.18. The molecule has 1 aromatic carbocycles. The molecule has 0 bridgehead atoms. The Morgan fingerprint density at radius 3 is 3.05 bits per heavy atom. The summed E-state index contributed by atoms with van der Waals surface area (Å²) in [4.78, 5) is 0. The monoisotopic (exact) mass is 267 g/mol. The normalized spacial score (nSPS) is 20.5. The number of hydrogen-bond donors (Lipinski definition) is 1. The van der Waals surface area contributed by atoms with Crippen LogP contribution in [0.15, 0.2) is 18.2 Å². The van der Waals surface area contributed by atoms with Gasteiger partial charge in [-0.15, -0.1) is 0 Å². The van der Waals surface area contributed by atoms with Crippen molar-refractivity contribution in [3.05, 3.63) is 29.6 Å². The van der Waals surface area contributed by atoms with Crippen molar-refractivity contribution >= 4 is 0 Å². The summed E-state index contributed by atoms with van der Waals surface area (Å²) in [6.07, 6.45) is 2.54. The summed E-state index contributed by atoms with van der Waals surface area (Å²) < 4.78 is 24.5. The first kappa shape index (κ1) is 14.3. The lowest BCUT2D eigenvalue weighted by Crippen LogP contribution is -2.22. The highest BCUT2D eigenvalue weighted by Gasteiger charge is 2.17. The molecule has 1 aromatic rings. The van der Waals surface area contributed by atoms with Crippen LogP contribution >= 0.6 is 0 Å². The fraction of sp³-hybridized carbons (Fsp3) is 0.600. The van der Waals surface area contributed by atoms with Gasteiger partial charge in [-0.05, 0) is 43.0 Å². The Balaban J connectivity index is 2.00. The molecule has 0 spiro atoms. The van der Waals surface area contributed by atoms with Crippen molar-refractivity contribution in [1.29, 1.82) is 0 Å². The molecule has 3 nitrogen and oxygen atoms in total. The van der Waals surface area contributed by atoms with Crippen LogP contribution in [-0.2, 0) is 11.2 Å². The molecule has 0 aromatic heterocycles. The van der Waals surface area contributed by atoms with E-state index in [0.717, 1.165) is 37.4 Å². The van der Waals surface area contributed by atoms with Crippen molar-refractivity contribution in [2.75, 3.05) is 19.8 Å². The molecule has 19 heavy (non-hydrogen) atoms. The lowest BCUT2D eigenvalue weighted by atomic mass is 10.0. The van der Waals surface area contributed by atoms with Gasteiger partial charge in [0.25, 0.3) is 0 Å². The van der Waals surface area contributed by atoms with Crippen LogP contribution in [0.3, 0.4) is 0 Å². The Hall–Kier alpha value is -1.13. The first-order valence-corrected chi connectivity index (χ1v) is 6.93. The zero-order valence-corrected chi connectivity index (χ0v) is 11.4. The zero-order chi connectivity index (χ0) is 13.7. The van der Waals surface area contributed by atoms with Gasteiger partial charge in [-0.25, -0.2) is 4.39 Å². The van der Waals surface area contributed by atoms with Crippen LogP contribution in [0.2, 0.25) is 0 Å². The van der Waals surface area contributed by atoms with Crippen molar-refractivity contribution < 1.29 is 13.9 Å². The maximum absolute atomic E-state index is 13.3. The SMILES string of the molecule is CCC(N)Cc1cc(F)ccc1OCC1CCOC1. The van der Waals surface area contributed by atoms with Crippen molar-refractivity contribution in [3.8, 4) is 5.75 Å². The minimum Gasteiger partial charge on any atom is -0.493 e. The largest absolute Gasteiger partial charge is 0.493 e. The fourth-order valence-electron chi connectivity index (χ4n) is 2.20. The molecule has 0 radical (unpaired) electrons. The van der Waals surface area contributed by atoms with E-state index in [1.165, 1.54) is 12.1 Å². The van der Waals surface area contributed by atoms with Gasteiger partial charge < -0.3 is 15.2 Å². The van der Waals surface area contributed by atoms with Gasteiger partial charge in [-0.1, -0.05) is 6.92 Å². The van der Waals surface area contributed by atoms with E-state index in [1.54, 1.807) is 6.07 Å². The summed E-state index contributed by atoms with van der Waals surface area (Å²) in [6.45, 7) is 4.22. The van der Waals surface area contributed by atoms with Crippen LogP contribution in [0.5, 0.6) is 5.75 Å². The molecule has 0 amide bonds. The van der Waals surface area contributed by atoms with Gasteiger partial charge >= 0.3 is 0 Å². The number of rotatable bonds is 6. The third-order valence-electron chi connectivity index (χ3n) is 3.53. The minimum atomic E-state index is -0.241. The van der Waals surface area contributed by atoms with Crippen molar-refractivity contribution in [2.45, 2.75) is 32.2 Å². The summed E-state index contributed by atoms with van der Waals surface area (Å²) >= 11 is 0. The van der Waals surface area contributed by atoms with E-state index in [1.807, 2.05) is 6.92 Å². The van der Waals surface area contributed by atoms with Gasteiger partial charge in [-0.2, -0.15) is 0 Å². The van der Waals surface area contributed by atoms with E-state index >= 15 is 0 Å². The maximum atomic E-state index is 13.3. The van der Waals surface area contributed by atoms with E-state index in [4.69, 9.17) is 15.2 Å². The summed E-state index contributed by atoms with van der Waals surface area (Å²) in [5.74, 6) is 0.949. The Morgan fingerprint density at radius 2 is 2.37 bits per heavy atom. The van der Waals surface area contributed by atoms with Crippen LogP contribution in [0, 0.1) is 11.7 Å². The number of halogens is 1. The highest BCUT2D eigenvalue weighted by Crippen LogP contribution is 2.23. The van der Waals surface area contributed by atoms with Gasteiger partial charge in [0, 0.05) is 18.6 Å². The third-order valence-corrected chi connectivity index (χ3v) is 3.53. The van der Waals surface area contributed by atoms with Gasteiger partial charge in [-0.3, -0.25) is 0 Å². The molecule has 106 valence electrons. The van der Waals surface area contributed by atoms with Gasteiger partial charge in [0.1, 0.15) is 11.6 Å². The first-order valence-electron chi connectivity index (χ1n) is 6.93. The molecule has 1 aliphatic rings.